The Hall–Kier alpha value is -7.06. The summed E-state index contributed by atoms with van der Waals surface area (Å²) in [6.07, 6.45) is 1.80. The number of benzene rings is 2. The van der Waals surface area contributed by atoms with Gasteiger partial charge in [0.05, 0.1) is 68.7 Å². The molecule has 75 heavy (non-hydrogen) atoms. The molecule has 0 saturated carbocycles. The molecule has 2 aliphatic rings. The van der Waals surface area contributed by atoms with Crippen molar-refractivity contribution in [1.82, 2.24) is 56.1 Å². The number of nitrogens with zero attached hydrogens (tertiary/aromatic N) is 7. The van der Waals surface area contributed by atoms with Gasteiger partial charge in [-0.25, -0.2) is 14.4 Å². The maximum Gasteiger partial charge on any atom is 0.258 e. The molecule has 0 spiro atoms. The minimum absolute atomic E-state index is 0.0135. The Morgan fingerprint density at radius 2 is 1.77 bits per heavy atom. The van der Waals surface area contributed by atoms with Gasteiger partial charge < -0.3 is 56.3 Å². The Morgan fingerprint density at radius 1 is 1.04 bits per heavy atom. The summed E-state index contributed by atoms with van der Waals surface area (Å²) in [6.45, 7) is 13.4. The Kier molecular flexibility index (Phi) is 20.2. The molecular weight excluding hydrogens is 966 g/mol. The molecule has 2 bridgehead atoms. The molecule has 5 amide bonds. The number of nitrogens with one attached hydrogen (secondary N) is 5. The Bertz CT molecular complexity index is 2670. The van der Waals surface area contributed by atoms with Gasteiger partial charge in [0.25, 0.3) is 11.8 Å². The van der Waals surface area contributed by atoms with Gasteiger partial charge in [0.2, 0.25) is 23.6 Å². The standard InChI is InChI=1S/C53H72FN13O8/c1-9-34(35-13-11-10-12-14-35)28-61-49(70)42-26-37(30-66(42)52(72)46(53(4,5)6)63-48(69)32(2)57-7)58-19-22-74-24-23-73-21-17-44(68)59-18-20-67-43-31-65(8)51(71)38-16-15-36(54)25-39(38)33(3)75-50-47(56)60-29-41(62-50)45(43)40(27-55)64-67/h10-16,25,29,32-34,37,42,46,57-58H,9,17-24,26,28,30-31H2,1-8H3,(H2,56,60)(H,59,68)(H,61,70)(H,63,69)/t32-,33+,34-,37-,42-,46?/m0/s1. The molecule has 0 radical (unpaired) electrons. The van der Waals surface area contributed by atoms with Crippen LogP contribution in [0, 0.1) is 22.6 Å². The van der Waals surface area contributed by atoms with Gasteiger partial charge >= 0.3 is 0 Å². The van der Waals surface area contributed by atoms with E-state index >= 15 is 0 Å². The van der Waals surface area contributed by atoms with E-state index < -0.39 is 41.4 Å². The largest absolute Gasteiger partial charge is 0.467 e. The third kappa shape index (κ3) is 14.8. The molecule has 6 rings (SSSR count). The van der Waals surface area contributed by atoms with Crippen molar-refractivity contribution in [3.63, 3.8) is 0 Å². The number of fused-ring (bicyclic) bond motifs is 5. The topological polar surface area (TPSA) is 273 Å². The van der Waals surface area contributed by atoms with E-state index in [0.717, 1.165) is 12.0 Å². The van der Waals surface area contributed by atoms with E-state index in [-0.39, 0.29) is 122 Å². The fourth-order valence-corrected chi connectivity index (χ4v) is 9.04. The van der Waals surface area contributed by atoms with E-state index in [2.05, 4.69) is 54.6 Å². The lowest BCUT2D eigenvalue weighted by atomic mass is 9.85. The lowest BCUT2D eigenvalue weighted by Crippen LogP contribution is -2.59. The van der Waals surface area contributed by atoms with E-state index in [0.29, 0.717) is 37.4 Å². The Labute approximate surface area is 437 Å². The molecule has 2 aromatic carbocycles. The summed E-state index contributed by atoms with van der Waals surface area (Å²) in [5, 5.41) is 29.9. The number of amides is 5. The van der Waals surface area contributed by atoms with Crippen LogP contribution in [-0.4, -0.2) is 150 Å². The number of nitrogens with two attached hydrogens (primary N) is 1. The number of likely N-dealkylation sites (tertiary alicyclic amines) is 1. The summed E-state index contributed by atoms with van der Waals surface area (Å²) >= 11 is 0. The summed E-state index contributed by atoms with van der Waals surface area (Å²) in [5.74, 6) is -2.14. The molecule has 404 valence electrons. The maximum absolute atomic E-state index is 14.5. The van der Waals surface area contributed by atoms with Gasteiger partial charge in [0.15, 0.2) is 11.5 Å². The fourth-order valence-electron chi connectivity index (χ4n) is 9.04. The number of rotatable bonds is 22. The van der Waals surface area contributed by atoms with E-state index in [4.69, 9.17) is 19.9 Å². The van der Waals surface area contributed by atoms with Crippen molar-refractivity contribution in [2.45, 2.75) is 110 Å². The maximum atomic E-state index is 14.5. The number of carbonyl (C=O) groups excluding carboxylic acids is 5. The summed E-state index contributed by atoms with van der Waals surface area (Å²) in [4.78, 5) is 79.9. The third-order valence-electron chi connectivity index (χ3n) is 13.5. The van der Waals surface area contributed by atoms with Crippen LogP contribution in [0.1, 0.15) is 106 Å². The van der Waals surface area contributed by atoms with Gasteiger partial charge in [0.1, 0.15) is 30.1 Å². The highest BCUT2D eigenvalue weighted by atomic mass is 19.1. The zero-order valence-corrected chi connectivity index (χ0v) is 44.2. The van der Waals surface area contributed by atoms with Crippen LogP contribution in [-0.2, 0) is 41.7 Å². The molecule has 4 heterocycles. The number of aromatic nitrogens is 4. The van der Waals surface area contributed by atoms with Gasteiger partial charge in [-0.2, -0.15) is 10.4 Å². The Morgan fingerprint density at radius 3 is 2.47 bits per heavy atom. The lowest BCUT2D eigenvalue weighted by Gasteiger charge is -2.36. The lowest BCUT2D eigenvalue weighted by molar-refractivity contribution is -0.144. The van der Waals surface area contributed by atoms with Gasteiger partial charge in [0, 0.05) is 62.7 Å². The summed E-state index contributed by atoms with van der Waals surface area (Å²) in [7, 11) is 3.25. The van der Waals surface area contributed by atoms with Gasteiger partial charge in [-0.1, -0.05) is 58.0 Å². The highest BCUT2D eigenvalue weighted by Crippen LogP contribution is 2.34. The first-order valence-electron chi connectivity index (χ1n) is 25.5. The molecule has 7 N–H and O–H groups in total. The molecule has 6 atom stereocenters. The van der Waals surface area contributed by atoms with Crippen LogP contribution in [0.25, 0.3) is 11.3 Å². The van der Waals surface area contributed by atoms with Crippen molar-refractivity contribution in [3.05, 3.63) is 88.6 Å². The SMILES string of the molecule is CC[C@@H](CNC(=O)[C@@H]1C[C@H](NCCOCCOCCC(=O)NCCn2nc(C#N)c3c2CN(C)C(=O)c2ccc(F)cc2[C@@H](C)Oc2nc-3cnc2N)CN1C(=O)C(NC(=O)[C@H](C)NC)C(C)(C)C)c1ccccc1. The van der Waals surface area contributed by atoms with E-state index in [1.165, 1.54) is 34.0 Å². The van der Waals surface area contributed by atoms with E-state index in [9.17, 15) is 33.6 Å². The van der Waals surface area contributed by atoms with Crippen molar-refractivity contribution in [1.29, 1.82) is 5.26 Å². The second-order valence-corrected chi connectivity index (χ2v) is 19.9. The molecule has 1 unspecified atom stereocenters. The van der Waals surface area contributed by atoms with Crippen molar-refractivity contribution >= 4 is 35.4 Å². The first-order valence-corrected chi connectivity index (χ1v) is 25.5. The Balaban J connectivity index is 0.972. The molecule has 21 nitrogen and oxygen atoms in total. The average Bonchev–Trinajstić information content (AvgIpc) is 3.98. The van der Waals surface area contributed by atoms with Crippen LogP contribution in [0.2, 0.25) is 0 Å². The predicted molar refractivity (Wildman–Crippen MR) is 277 cm³/mol. The zero-order chi connectivity index (χ0) is 54.4. The molecule has 2 aliphatic heterocycles. The fraction of sp³-hybridized carbons (Fsp3) is 0.528. The van der Waals surface area contributed by atoms with Crippen LogP contribution in [0.3, 0.4) is 0 Å². The number of nitrogen functional groups attached to an aromatic ring is 1. The number of carbonyl (C=O) groups is 5. The van der Waals surface area contributed by atoms with Crippen molar-refractivity contribution in [3.8, 4) is 23.2 Å². The number of likely N-dealkylation sites (N-methyl/N-ethyl adjacent to an activating group) is 1. The van der Waals surface area contributed by atoms with E-state index in [1.54, 1.807) is 32.8 Å². The third-order valence-corrected chi connectivity index (χ3v) is 13.5. The smallest absolute Gasteiger partial charge is 0.258 e. The number of anilines is 1. The van der Waals surface area contributed by atoms with Crippen LogP contribution < -0.4 is 37.1 Å². The molecule has 22 heteroatoms. The molecule has 4 aromatic rings. The quantitative estimate of drug-likeness (QED) is 0.0617. The van der Waals surface area contributed by atoms with Crippen molar-refractivity contribution in [2.24, 2.45) is 5.41 Å². The number of ether oxygens (including phenoxy) is 3. The van der Waals surface area contributed by atoms with Gasteiger partial charge in [-0.05, 0) is 62.9 Å². The highest BCUT2D eigenvalue weighted by Gasteiger charge is 2.45. The van der Waals surface area contributed by atoms with Crippen LogP contribution in [0.5, 0.6) is 5.88 Å². The number of hydrogen-bond donors (Lipinski definition) is 6. The first kappa shape index (κ1) is 57.2. The van der Waals surface area contributed by atoms with Gasteiger partial charge in [-0.3, -0.25) is 28.7 Å². The second-order valence-electron chi connectivity index (χ2n) is 19.9. The van der Waals surface area contributed by atoms with Gasteiger partial charge in [-0.15, -0.1) is 0 Å². The van der Waals surface area contributed by atoms with Crippen molar-refractivity contribution in [2.75, 3.05) is 72.4 Å². The molecule has 1 fully saturated rings. The van der Waals surface area contributed by atoms with Crippen LogP contribution >= 0.6 is 0 Å². The summed E-state index contributed by atoms with van der Waals surface area (Å²) in [5.41, 5.74) is 8.09. The number of halogens is 1. The zero-order valence-electron chi connectivity index (χ0n) is 44.2. The predicted octanol–water partition coefficient (Wildman–Crippen LogP) is 3.21. The normalized spacial score (nSPS) is 17.8. The molecular formula is C53H72FN13O8. The van der Waals surface area contributed by atoms with Crippen molar-refractivity contribution < 1.29 is 42.6 Å². The molecule has 2 aromatic heterocycles. The first-order chi connectivity index (χ1) is 35.8. The molecule has 1 saturated heterocycles. The van der Waals surface area contributed by atoms with E-state index in [1.807, 2.05) is 51.1 Å². The summed E-state index contributed by atoms with van der Waals surface area (Å²) in [6, 6.07) is 13.5. The highest BCUT2D eigenvalue weighted by molar-refractivity contribution is 5.96. The minimum atomic E-state index is -0.873. The second kappa shape index (κ2) is 26.4. The number of nitriles is 1. The van der Waals surface area contributed by atoms with Crippen LogP contribution in [0.15, 0.2) is 54.7 Å². The van der Waals surface area contributed by atoms with Crippen LogP contribution in [0.4, 0.5) is 10.2 Å². The minimum Gasteiger partial charge on any atom is -0.467 e. The monoisotopic (exact) mass is 1040 g/mol. The molecule has 0 aliphatic carbocycles. The number of hydrogen-bond acceptors (Lipinski definition) is 15. The summed E-state index contributed by atoms with van der Waals surface area (Å²) < 4.78 is 33.5. The average molecular weight is 1040 g/mol.